The number of para-hydroxylation sites is 1. The van der Waals surface area contributed by atoms with Crippen LogP contribution < -0.4 is 19.7 Å². The molecule has 35 heavy (non-hydrogen) atoms. The van der Waals surface area contributed by atoms with Crippen LogP contribution in [0.3, 0.4) is 0 Å². The fraction of sp³-hybridized carbons (Fsp3) is 0.115. The minimum Gasteiger partial charge on any atom is -0.493 e. The van der Waals surface area contributed by atoms with Crippen molar-refractivity contribution in [2.75, 3.05) is 12.0 Å². The maximum atomic E-state index is 13.2. The number of amides is 4. The zero-order valence-corrected chi connectivity index (χ0v) is 20.4. The summed E-state index contributed by atoms with van der Waals surface area (Å²) in [4.78, 5) is 39.2. The average Bonchev–Trinajstić information content (AvgIpc) is 2.83. The molecule has 0 unspecified atom stereocenters. The van der Waals surface area contributed by atoms with Crippen LogP contribution in [0.25, 0.3) is 6.08 Å². The molecule has 0 atom stereocenters. The first kappa shape index (κ1) is 24.2. The van der Waals surface area contributed by atoms with Crippen LogP contribution >= 0.6 is 15.9 Å². The zero-order chi connectivity index (χ0) is 25.1. The third kappa shape index (κ3) is 5.09. The third-order valence-corrected chi connectivity index (χ3v) is 6.04. The molecule has 4 rings (SSSR count). The van der Waals surface area contributed by atoms with Crippen molar-refractivity contribution in [1.82, 2.24) is 5.32 Å². The lowest BCUT2D eigenvalue weighted by Crippen LogP contribution is -2.54. The van der Waals surface area contributed by atoms with Crippen molar-refractivity contribution in [3.05, 3.63) is 93.2 Å². The minimum atomic E-state index is -0.812. The standard InChI is InChI=1S/C26H20BrFN2O5/c1-15-5-3-4-6-21(15)30-25(32)19(24(31)29-26(30)33)11-17-12-22(34-2)23(13-20(17)27)35-14-16-7-9-18(28)10-8-16/h3-13H,14H2,1-2H3,(H,29,31,33)/b19-11+. The van der Waals surface area contributed by atoms with E-state index >= 15 is 0 Å². The number of carbonyl (C=O) groups is 3. The number of aryl methyl sites for hydroxylation is 1. The Morgan fingerprint density at radius 1 is 1.03 bits per heavy atom. The number of urea groups is 1. The van der Waals surface area contributed by atoms with Gasteiger partial charge in [0.2, 0.25) is 0 Å². The lowest BCUT2D eigenvalue weighted by molar-refractivity contribution is -0.122. The number of barbiturate groups is 1. The summed E-state index contributed by atoms with van der Waals surface area (Å²) in [6.07, 6.45) is 1.38. The molecule has 1 saturated heterocycles. The van der Waals surface area contributed by atoms with E-state index in [0.717, 1.165) is 10.5 Å². The van der Waals surface area contributed by atoms with Crippen LogP contribution in [-0.4, -0.2) is 25.0 Å². The molecule has 0 saturated carbocycles. The molecule has 1 heterocycles. The molecule has 0 aliphatic carbocycles. The topological polar surface area (TPSA) is 84.9 Å². The zero-order valence-electron chi connectivity index (χ0n) is 18.8. The van der Waals surface area contributed by atoms with Gasteiger partial charge < -0.3 is 9.47 Å². The van der Waals surface area contributed by atoms with Crippen molar-refractivity contribution < 1.29 is 28.2 Å². The molecule has 1 aliphatic rings. The second-order valence-corrected chi connectivity index (χ2v) is 8.54. The van der Waals surface area contributed by atoms with E-state index in [1.165, 1.54) is 25.3 Å². The number of anilines is 1. The number of hydrogen-bond acceptors (Lipinski definition) is 5. The molecule has 3 aromatic rings. The first-order chi connectivity index (χ1) is 16.8. The van der Waals surface area contributed by atoms with Crippen LogP contribution in [0.5, 0.6) is 11.5 Å². The Morgan fingerprint density at radius 3 is 2.43 bits per heavy atom. The Morgan fingerprint density at radius 2 is 1.74 bits per heavy atom. The van der Waals surface area contributed by atoms with Gasteiger partial charge in [-0.15, -0.1) is 0 Å². The van der Waals surface area contributed by atoms with Crippen LogP contribution in [-0.2, 0) is 16.2 Å². The highest BCUT2D eigenvalue weighted by Gasteiger charge is 2.37. The van der Waals surface area contributed by atoms with Gasteiger partial charge >= 0.3 is 6.03 Å². The number of imide groups is 2. The van der Waals surface area contributed by atoms with E-state index < -0.39 is 17.8 Å². The number of methoxy groups -OCH3 is 1. The van der Waals surface area contributed by atoms with Crippen molar-refractivity contribution in [2.24, 2.45) is 0 Å². The van der Waals surface area contributed by atoms with E-state index in [9.17, 15) is 18.8 Å². The highest BCUT2D eigenvalue weighted by atomic mass is 79.9. The highest BCUT2D eigenvalue weighted by molar-refractivity contribution is 9.10. The normalized spacial score (nSPS) is 14.8. The summed E-state index contributed by atoms with van der Waals surface area (Å²) in [6.45, 7) is 1.94. The van der Waals surface area contributed by atoms with E-state index in [1.54, 1.807) is 55.5 Å². The maximum Gasteiger partial charge on any atom is 0.335 e. The third-order valence-electron chi connectivity index (χ3n) is 5.35. The molecule has 1 aliphatic heterocycles. The second kappa shape index (κ2) is 10.1. The molecule has 0 aromatic heterocycles. The number of rotatable bonds is 6. The summed E-state index contributed by atoms with van der Waals surface area (Å²) in [7, 11) is 1.46. The van der Waals surface area contributed by atoms with Crippen molar-refractivity contribution in [1.29, 1.82) is 0 Å². The number of carbonyl (C=O) groups excluding carboxylic acids is 3. The summed E-state index contributed by atoms with van der Waals surface area (Å²) >= 11 is 3.44. The van der Waals surface area contributed by atoms with Crippen LogP contribution in [0.2, 0.25) is 0 Å². The van der Waals surface area contributed by atoms with E-state index in [1.807, 2.05) is 0 Å². The molecule has 1 fully saturated rings. The molecule has 0 radical (unpaired) electrons. The predicted molar refractivity (Wildman–Crippen MR) is 132 cm³/mol. The van der Waals surface area contributed by atoms with Gasteiger partial charge in [-0.25, -0.2) is 14.1 Å². The molecule has 0 bridgehead atoms. The van der Waals surface area contributed by atoms with Gasteiger partial charge in [-0.1, -0.05) is 46.3 Å². The Balaban J connectivity index is 1.65. The molecule has 178 valence electrons. The first-order valence-corrected chi connectivity index (χ1v) is 11.3. The maximum absolute atomic E-state index is 13.2. The average molecular weight is 539 g/mol. The van der Waals surface area contributed by atoms with E-state index in [2.05, 4.69) is 21.2 Å². The SMILES string of the molecule is COc1cc(/C=C2\C(=O)NC(=O)N(c3ccccc3C)C2=O)c(Br)cc1OCc1ccc(F)cc1. The molecule has 3 aromatic carbocycles. The summed E-state index contributed by atoms with van der Waals surface area (Å²) in [5.74, 6) is -1.11. The van der Waals surface area contributed by atoms with Gasteiger partial charge in [0.1, 0.15) is 18.0 Å². The summed E-state index contributed by atoms with van der Waals surface area (Å²) in [5, 5.41) is 2.22. The van der Waals surface area contributed by atoms with Crippen LogP contribution in [0.4, 0.5) is 14.9 Å². The Kier molecular flexibility index (Phi) is 6.97. The summed E-state index contributed by atoms with van der Waals surface area (Å²) < 4.78 is 24.9. The summed E-state index contributed by atoms with van der Waals surface area (Å²) in [5.41, 5.74) is 2.11. The lowest BCUT2D eigenvalue weighted by atomic mass is 10.1. The number of nitrogens with zero attached hydrogens (tertiary/aromatic N) is 1. The van der Waals surface area contributed by atoms with E-state index in [-0.39, 0.29) is 18.0 Å². The molecule has 7 nitrogen and oxygen atoms in total. The Bertz CT molecular complexity index is 1350. The lowest BCUT2D eigenvalue weighted by Gasteiger charge is -2.27. The fourth-order valence-electron chi connectivity index (χ4n) is 3.52. The minimum absolute atomic E-state index is 0.178. The quantitative estimate of drug-likeness (QED) is 0.346. The number of benzene rings is 3. The van der Waals surface area contributed by atoms with Crippen LogP contribution in [0, 0.1) is 12.7 Å². The van der Waals surface area contributed by atoms with Crippen LogP contribution in [0.15, 0.2) is 70.7 Å². The van der Waals surface area contributed by atoms with Gasteiger partial charge in [-0.2, -0.15) is 0 Å². The first-order valence-electron chi connectivity index (χ1n) is 10.5. The molecule has 9 heteroatoms. The van der Waals surface area contributed by atoms with Crippen LogP contribution in [0.1, 0.15) is 16.7 Å². The second-order valence-electron chi connectivity index (χ2n) is 7.68. The van der Waals surface area contributed by atoms with Crippen molar-refractivity contribution in [2.45, 2.75) is 13.5 Å². The smallest absolute Gasteiger partial charge is 0.335 e. The number of ether oxygens (including phenoxy) is 2. The summed E-state index contributed by atoms with van der Waals surface area (Å²) in [6, 6.07) is 15.2. The van der Waals surface area contributed by atoms with Gasteiger partial charge in [0.15, 0.2) is 11.5 Å². The predicted octanol–water partition coefficient (Wildman–Crippen LogP) is 5.15. The molecule has 4 amide bonds. The number of halogens is 2. The Hall–Kier alpha value is -3.98. The van der Waals surface area contributed by atoms with Crippen molar-refractivity contribution in [3.8, 4) is 11.5 Å². The molecular formula is C26H20BrFN2O5. The fourth-order valence-corrected chi connectivity index (χ4v) is 3.96. The van der Waals surface area contributed by atoms with Gasteiger partial charge in [-0.05, 0) is 60.0 Å². The molecule has 0 spiro atoms. The van der Waals surface area contributed by atoms with Gasteiger partial charge in [0.25, 0.3) is 11.8 Å². The van der Waals surface area contributed by atoms with E-state index in [4.69, 9.17) is 9.47 Å². The van der Waals surface area contributed by atoms with Gasteiger partial charge in [-0.3, -0.25) is 14.9 Å². The highest BCUT2D eigenvalue weighted by Crippen LogP contribution is 2.36. The van der Waals surface area contributed by atoms with E-state index in [0.29, 0.717) is 32.8 Å². The monoisotopic (exact) mass is 538 g/mol. The molecular weight excluding hydrogens is 519 g/mol. The number of nitrogens with one attached hydrogen (secondary N) is 1. The van der Waals surface area contributed by atoms with Crippen molar-refractivity contribution >= 4 is 45.5 Å². The Labute approximate surface area is 209 Å². The van der Waals surface area contributed by atoms with Gasteiger partial charge in [0, 0.05) is 4.47 Å². The van der Waals surface area contributed by atoms with Crippen molar-refractivity contribution in [3.63, 3.8) is 0 Å². The molecule has 1 N–H and O–H groups in total. The van der Waals surface area contributed by atoms with Gasteiger partial charge in [0.05, 0.1) is 12.8 Å². The number of hydrogen-bond donors (Lipinski definition) is 1. The largest absolute Gasteiger partial charge is 0.493 e.